The van der Waals surface area contributed by atoms with Crippen molar-refractivity contribution < 1.29 is 27.5 Å². The molecule has 0 fully saturated rings. The van der Waals surface area contributed by atoms with Crippen LogP contribution in [0.15, 0.2) is 36.4 Å². The predicted molar refractivity (Wildman–Crippen MR) is 87.2 cm³/mol. The summed E-state index contributed by atoms with van der Waals surface area (Å²) in [5, 5.41) is 2.35. The lowest BCUT2D eigenvalue weighted by Gasteiger charge is -2.13. The summed E-state index contributed by atoms with van der Waals surface area (Å²) >= 11 is 11.7. The number of alkyl halides is 3. The normalized spacial score (nSPS) is 11.1. The van der Waals surface area contributed by atoms with E-state index in [-0.39, 0.29) is 27.0 Å². The third-order valence-electron chi connectivity index (χ3n) is 2.98. The molecular formula is C16H10Cl2F3NO3. The molecular weight excluding hydrogens is 382 g/mol. The average molecular weight is 392 g/mol. The first kappa shape index (κ1) is 19.1. The molecule has 132 valence electrons. The van der Waals surface area contributed by atoms with Crippen LogP contribution in [-0.2, 0) is 11.0 Å². The number of ether oxygens (including phenoxy) is 1. The van der Waals surface area contributed by atoms with E-state index in [1.54, 1.807) is 0 Å². The van der Waals surface area contributed by atoms with Gasteiger partial charge in [-0.25, -0.2) is 0 Å². The second-order valence-corrected chi connectivity index (χ2v) is 5.72. The zero-order valence-corrected chi connectivity index (χ0v) is 14.1. The molecule has 0 aliphatic rings. The maximum atomic E-state index is 12.8. The molecule has 0 atom stereocenters. The zero-order valence-electron chi connectivity index (χ0n) is 12.6. The van der Waals surface area contributed by atoms with E-state index in [1.165, 1.54) is 18.2 Å². The first-order valence-corrected chi connectivity index (χ1v) is 7.49. The Balaban J connectivity index is 2.37. The molecule has 0 saturated heterocycles. The minimum Gasteiger partial charge on any atom is -0.426 e. The van der Waals surface area contributed by atoms with Gasteiger partial charge in [0.05, 0.1) is 21.8 Å². The van der Waals surface area contributed by atoms with Gasteiger partial charge in [-0.15, -0.1) is 0 Å². The molecule has 0 heterocycles. The number of carbonyl (C=O) groups excluding carboxylic acids is 2. The summed E-state index contributed by atoms with van der Waals surface area (Å²) in [7, 11) is 0. The molecule has 1 amide bonds. The molecule has 0 aliphatic heterocycles. The number of hydrogen-bond donors (Lipinski definition) is 1. The lowest BCUT2D eigenvalue weighted by atomic mass is 10.1. The van der Waals surface area contributed by atoms with E-state index in [9.17, 15) is 22.8 Å². The molecule has 4 nitrogen and oxygen atoms in total. The van der Waals surface area contributed by atoms with Crippen molar-refractivity contribution in [2.75, 3.05) is 5.32 Å². The molecule has 0 aliphatic carbocycles. The van der Waals surface area contributed by atoms with Gasteiger partial charge in [0.1, 0.15) is 5.75 Å². The second-order valence-electron chi connectivity index (χ2n) is 4.88. The fourth-order valence-corrected chi connectivity index (χ4v) is 2.25. The van der Waals surface area contributed by atoms with E-state index in [0.717, 1.165) is 19.1 Å². The summed E-state index contributed by atoms with van der Waals surface area (Å²) in [6.45, 7) is 1.14. The molecule has 0 saturated carbocycles. The van der Waals surface area contributed by atoms with E-state index >= 15 is 0 Å². The summed E-state index contributed by atoms with van der Waals surface area (Å²) < 4.78 is 43.3. The van der Waals surface area contributed by atoms with Crippen LogP contribution in [0.25, 0.3) is 0 Å². The summed E-state index contributed by atoms with van der Waals surface area (Å²) in [4.78, 5) is 23.5. The zero-order chi connectivity index (χ0) is 18.8. The van der Waals surface area contributed by atoms with Gasteiger partial charge in [0.15, 0.2) is 0 Å². The number of rotatable bonds is 3. The van der Waals surface area contributed by atoms with Crippen LogP contribution in [-0.4, -0.2) is 11.9 Å². The SMILES string of the molecule is CC(=O)Oc1ccc(Cl)cc1C(=O)Nc1cc(C(F)(F)F)ccc1Cl. The van der Waals surface area contributed by atoms with Gasteiger partial charge in [0.25, 0.3) is 5.91 Å². The quantitative estimate of drug-likeness (QED) is 0.578. The summed E-state index contributed by atoms with van der Waals surface area (Å²) in [6.07, 6.45) is -4.59. The topological polar surface area (TPSA) is 55.4 Å². The fourth-order valence-electron chi connectivity index (χ4n) is 1.91. The molecule has 0 unspecified atom stereocenters. The third kappa shape index (κ3) is 4.87. The lowest BCUT2D eigenvalue weighted by Crippen LogP contribution is -2.16. The maximum Gasteiger partial charge on any atom is 0.416 e. The minimum absolute atomic E-state index is 0.0856. The largest absolute Gasteiger partial charge is 0.426 e. The Bertz CT molecular complexity index is 838. The van der Waals surface area contributed by atoms with Crippen molar-refractivity contribution in [2.45, 2.75) is 13.1 Å². The molecule has 0 bridgehead atoms. The number of nitrogens with one attached hydrogen (secondary N) is 1. The number of amides is 1. The molecule has 1 N–H and O–H groups in total. The van der Waals surface area contributed by atoms with Crippen molar-refractivity contribution in [1.29, 1.82) is 0 Å². The highest BCUT2D eigenvalue weighted by Crippen LogP contribution is 2.34. The van der Waals surface area contributed by atoms with Gasteiger partial charge < -0.3 is 10.1 Å². The van der Waals surface area contributed by atoms with Gasteiger partial charge in [0, 0.05) is 11.9 Å². The number of carbonyl (C=O) groups is 2. The number of halogens is 5. The summed E-state index contributed by atoms with van der Waals surface area (Å²) in [6, 6.07) is 6.43. The fraction of sp³-hybridized carbons (Fsp3) is 0.125. The Labute approximate surface area is 150 Å². The van der Waals surface area contributed by atoms with Crippen molar-refractivity contribution in [3.05, 3.63) is 57.6 Å². The van der Waals surface area contributed by atoms with Crippen LogP contribution in [0.3, 0.4) is 0 Å². The molecule has 2 aromatic carbocycles. The van der Waals surface area contributed by atoms with Crippen molar-refractivity contribution in [1.82, 2.24) is 0 Å². The highest BCUT2D eigenvalue weighted by Gasteiger charge is 2.31. The smallest absolute Gasteiger partial charge is 0.416 e. The van der Waals surface area contributed by atoms with Crippen LogP contribution < -0.4 is 10.1 Å². The predicted octanol–water partition coefficient (Wildman–Crippen LogP) is 5.19. The van der Waals surface area contributed by atoms with Crippen molar-refractivity contribution in [3.63, 3.8) is 0 Å². The van der Waals surface area contributed by atoms with Crippen LogP contribution in [0, 0.1) is 0 Å². The van der Waals surface area contributed by atoms with E-state index in [0.29, 0.717) is 6.07 Å². The molecule has 25 heavy (non-hydrogen) atoms. The van der Waals surface area contributed by atoms with Gasteiger partial charge in [-0.1, -0.05) is 23.2 Å². The standard InChI is InChI=1S/C16H10Cl2F3NO3/c1-8(23)25-14-5-3-10(17)7-11(14)15(24)22-13-6-9(16(19,20)21)2-4-12(13)18/h2-7H,1H3,(H,22,24). The summed E-state index contributed by atoms with van der Waals surface area (Å²) in [5.41, 5.74) is -1.34. The number of esters is 1. The second kappa shape index (κ2) is 7.33. The molecule has 9 heteroatoms. The molecule has 2 aromatic rings. The average Bonchev–Trinajstić information content (AvgIpc) is 2.49. The Kier molecular flexibility index (Phi) is 5.59. The van der Waals surface area contributed by atoms with Crippen molar-refractivity contribution >= 4 is 40.8 Å². The summed E-state index contributed by atoms with van der Waals surface area (Å²) in [5.74, 6) is -1.59. The van der Waals surface area contributed by atoms with Crippen LogP contribution in [0.2, 0.25) is 10.0 Å². The van der Waals surface area contributed by atoms with Crippen molar-refractivity contribution in [2.24, 2.45) is 0 Å². The minimum atomic E-state index is -4.59. The highest BCUT2D eigenvalue weighted by atomic mass is 35.5. The molecule has 2 rings (SSSR count). The Morgan fingerprint density at radius 2 is 1.76 bits per heavy atom. The van der Waals surface area contributed by atoms with Crippen LogP contribution >= 0.6 is 23.2 Å². The highest BCUT2D eigenvalue weighted by molar-refractivity contribution is 6.34. The van der Waals surface area contributed by atoms with E-state index in [2.05, 4.69) is 5.32 Å². The van der Waals surface area contributed by atoms with Crippen LogP contribution in [0.4, 0.5) is 18.9 Å². The number of benzene rings is 2. The molecule has 0 aromatic heterocycles. The number of hydrogen-bond acceptors (Lipinski definition) is 3. The Morgan fingerprint density at radius 1 is 1.08 bits per heavy atom. The van der Waals surface area contributed by atoms with E-state index in [4.69, 9.17) is 27.9 Å². The van der Waals surface area contributed by atoms with Gasteiger partial charge in [0.2, 0.25) is 0 Å². The van der Waals surface area contributed by atoms with E-state index < -0.39 is 23.6 Å². The first-order chi connectivity index (χ1) is 11.6. The first-order valence-electron chi connectivity index (χ1n) is 6.74. The van der Waals surface area contributed by atoms with Gasteiger partial charge in [-0.05, 0) is 36.4 Å². The Morgan fingerprint density at radius 3 is 2.36 bits per heavy atom. The Hall–Kier alpha value is -2.25. The monoisotopic (exact) mass is 391 g/mol. The molecule has 0 spiro atoms. The van der Waals surface area contributed by atoms with Crippen LogP contribution in [0.5, 0.6) is 5.75 Å². The van der Waals surface area contributed by atoms with Crippen LogP contribution in [0.1, 0.15) is 22.8 Å². The number of anilines is 1. The van der Waals surface area contributed by atoms with Gasteiger partial charge >= 0.3 is 12.1 Å². The van der Waals surface area contributed by atoms with Crippen molar-refractivity contribution in [3.8, 4) is 5.75 Å². The van der Waals surface area contributed by atoms with Gasteiger partial charge in [-0.2, -0.15) is 13.2 Å². The third-order valence-corrected chi connectivity index (χ3v) is 3.55. The maximum absolute atomic E-state index is 12.8. The molecule has 0 radical (unpaired) electrons. The van der Waals surface area contributed by atoms with E-state index in [1.807, 2.05) is 0 Å². The lowest BCUT2D eigenvalue weighted by molar-refractivity contribution is -0.137. The van der Waals surface area contributed by atoms with Gasteiger partial charge in [-0.3, -0.25) is 9.59 Å².